The zero-order chi connectivity index (χ0) is 7.11. The molecule has 9 heavy (non-hydrogen) atoms. The predicted molar refractivity (Wildman–Crippen MR) is 28.2 cm³/mol. The molecule has 3 N–H and O–H groups in total. The van der Waals surface area contributed by atoms with E-state index in [0.29, 0.717) is 6.41 Å². The topological polar surface area (TPSA) is 78.8 Å². The summed E-state index contributed by atoms with van der Waals surface area (Å²) in [7, 11) is 0. The number of hydrogen-bond donors (Lipinski definition) is 3. The van der Waals surface area contributed by atoms with Crippen molar-refractivity contribution in [3.63, 3.8) is 0 Å². The van der Waals surface area contributed by atoms with Gasteiger partial charge in [-0.15, -0.1) is 0 Å². The lowest BCUT2D eigenvalue weighted by atomic mass is 10.4. The number of carbonyl (C=O) groups excluding carboxylic acids is 1. The third-order valence-corrected chi connectivity index (χ3v) is 0.618. The summed E-state index contributed by atoms with van der Waals surface area (Å²) in [6, 6.07) is 0. The minimum Gasteiger partial charge on any atom is -0.394 e. The van der Waals surface area contributed by atoms with Crippen molar-refractivity contribution < 1.29 is 19.8 Å². The lowest BCUT2D eigenvalue weighted by Crippen LogP contribution is -2.24. The molecule has 1 unspecified atom stereocenters. The molecule has 54 valence electrons. The lowest BCUT2D eigenvalue weighted by molar-refractivity contribution is -0.123. The van der Waals surface area contributed by atoms with Crippen LogP contribution in [0.3, 0.4) is 0 Å². The van der Waals surface area contributed by atoms with E-state index in [9.17, 15) is 4.79 Å². The van der Waals surface area contributed by atoms with Gasteiger partial charge in [0.15, 0.2) is 0 Å². The van der Waals surface area contributed by atoms with E-state index in [1.54, 1.807) is 0 Å². The highest BCUT2D eigenvalue weighted by molar-refractivity contribution is 5.43. The van der Waals surface area contributed by atoms with E-state index in [1.165, 1.54) is 0 Å². The number of nitrogens with one attached hydrogen (secondary N) is 1. The molecule has 0 rings (SSSR count). The van der Waals surface area contributed by atoms with Crippen molar-refractivity contribution in [1.82, 2.24) is 5.48 Å². The molecular weight excluding hydrogens is 126 g/mol. The SMILES string of the molecule is O=CNOCC(O)CO. The molecule has 0 aliphatic carbocycles. The molecule has 0 aliphatic rings. The van der Waals surface area contributed by atoms with Crippen LogP contribution in [0.4, 0.5) is 0 Å². The van der Waals surface area contributed by atoms with Crippen molar-refractivity contribution in [2.45, 2.75) is 6.10 Å². The number of rotatable bonds is 5. The molecule has 1 amide bonds. The number of carbonyl (C=O) groups is 1. The Hall–Kier alpha value is -0.650. The van der Waals surface area contributed by atoms with Gasteiger partial charge in [-0.25, -0.2) is 5.48 Å². The molecular formula is C4H9NO4. The number of amides is 1. The van der Waals surface area contributed by atoms with E-state index < -0.39 is 6.10 Å². The molecule has 0 spiro atoms. The third-order valence-electron chi connectivity index (χ3n) is 0.618. The maximum Gasteiger partial charge on any atom is 0.230 e. The molecule has 0 saturated heterocycles. The van der Waals surface area contributed by atoms with E-state index in [2.05, 4.69) is 4.84 Å². The van der Waals surface area contributed by atoms with Gasteiger partial charge in [0.1, 0.15) is 12.7 Å². The smallest absolute Gasteiger partial charge is 0.230 e. The third kappa shape index (κ3) is 5.22. The highest BCUT2D eigenvalue weighted by Gasteiger charge is 1.99. The second-order valence-corrected chi connectivity index (χ2v) is 1.38. The quantitative estimate of drug-likeness (QED) is 0.232. The van der Waals surface area contributed by atoms with Gasteiger partial charge < -0.3 is 10.2 Å². The van der Waals surface area contributed by atoms with Gasteiger partial charge in [0.2, 0.25) is 6.41 Å². The normalized spacial score (nSPS) is 12.7. The van der Waals surface area contributed by atoms with Gasteiger partial charge in [0, 0.05) is 0 Å². The van der Waals surface area contributed by atoms with Gasteiger partial charge in [-0.05, 0) is 0 Å². The molecule has 1 atom stereocenters. The standard InChI is InChI=1S/C4H9NO4/c6-1-4(8)2-9-5-3-7/h3-4,6,8H,1-2H2,(H,5,7). The van der Waals surface area contributed by atoms with Crippen LogP contribution < -0.4 is 5.48 Å². The Labute approximate surface area is 52.2 Å². The Morgan fingerprint density at radius 1 is 1.78 bits per heavy atom. The summed E-state index contributed by atoms with van der Waals surface area (Å²) < 4.78 is 0. The van der Waals surface area contributed by atoms with Gasteiger partial charge in [0.05, 0.1) is 6.61 Å². The molecule has 0 radical (unpaired) electrons. The summed E-state index contributed by atoms with van der Waals surface area (Å²) in [6.45, 7) is -0.476. The molecule has 0 aliphatic heterocycles. The summed E-state index contributed by atoms with van der Waals surface area (Å²) in [5.41, 5.74) is 1.86. The fourth-order valence-corrected chi connectivity index (χ4v) is 0.231. The second kappa shape index (κ2) is 5.49. The van der Waals surface area contributed by atoms with Crippen molar-refractivity contribution in [2.24, 2.45) is 0 Å². The van der Waals surface area contributed by atoms with Crippen molar-refractivity contribution in [2.75, 3.05) is 13.2 Å². The van der Waals surface area contributed by atoms with Crippen molar-refractivity contribution >= 4 is 6.41 Å². The minimum atomic E-state index is -0.933. The number of aliphatic hydroxyl groups is 2. The highest BCUT2D eigenvalue weighted by atomic mass is 16.7. The molecule has 0 saturated carbocycles. The van der Waals surface area contributed by atoms with Gasteiger partial charge in [-0.2, -0.15) is 0 Å². The monoisotopic (exact) mass is 135 g/mol. The van der Waals surface area contributed by atoms with E-state index >= 15 is 0 Å². The molecule has 0 aromatic carbocycles. The Bertz CT molecular complexity index is 77.0. The van der Waals surface area contributed by atoms with Crippen molar-refractivity contribution in [3.05, 3.63) is 0 Å². The summed E-state index contributed by atoms with van der Waals surface area (Å²) in [4.78, 5) is 13.8. The maximum absolute atomic E-state index is 9.49. The predicted octanol–water partition coefficient (Wildman–Crippen LogP) is -1.98. The van der Waals surface area contributed by atoms with Crippen molar-refractivity contribution in [1.29, 1.82) is 0 Å². The zero-order valence-electron chi connectivity index (χ0n) is 4.78. The Balaban J connectivity index is 2.96. The Morgan fingerprint density at radius 3 is 2.89 bits per heavy atom. The average Bonchev–Trinajstić information content (AvgIpc) is 1.89. The van der Waals surface area contributed by atoms with E-state index in [0.717, 1.165) is 0 Å². The van der Waals surface area contributed by atoms with Gasteiger partial charge >= 0.3 is 0 Å². The molecule has 0 bridgehead atoms. The zero-order valence-corrected chi connectivity index (χ0v) is 4.78. The first-order chi connectivity index (χ1) is 4.31. The maximum atomic E-state index is 9.49. The summed E-state index contributed by atoms with van der Waals surface area (Å²) in [6.07, 6.45) is -0.596. The van der Waals surface area contributed by atoms with Crippen LogP contribution in [0.1, 0.15) is 0 Å². The first-order valence-corrected chi connectivity index (χ1v) is 2.41. The van der Waals surface area contributed by atoms with E-state index in [1.807, 2.05) is 5.48 Å². The fourth-order valence-electron chi connectivity index (χ4n) is 0.231. The average molecular weight is 135 g/mol. The summed E-state index contributed by atoms with van der Waals surface area (Å²) in [5, 5.41) is 16.7. The van der Waals surface area contributed by atoms with Crippen LogP contribution in [-0.4, -0.2) is 35.9 Å². The fraction of sp³-hybridized carbons (Fsp3) is 0.750. The van der Waals surface area contributed by atoms with Crippen LogP contribution >= 0.6 is 0 Å². The van der Waals surface area contributed by atoms with Gasteiger partial charge in [0.25, 0.3) is 0 Å². The second-order valence-electron chi connectivity index (χ2n) is 1.38. The van der Waals surface area contributed by atoms with Crippen LogP contribution in [0, 0.1) is 0 Å². The molecule has 5 nitrogen and oxygen atoms in total. The highest BCUT2D eigenvalue weighted by Crippen LogP contribution is 1.78. The first kappa shape index (κ1) is 8.35. The number of aliphatic hydroxyl groups excluding tert-OH is 2. The van der Waals surface area contributed by atoms with E-state index in [-0.39, 0.29) is 13.2 Å². The number of hydroxylamine groups is 1. The van der Waals surface area contributed by atoms with Gasteiger partial charge in [-0.1, -0.05) is 0 Å². The van der Waals surface area contributed by atoms with Crippen LogP contribution in [0.5, 0.6) is 0 Å². The van der Waals surface area contributed by atoms with Crippen LogP contribution in [0.15, 0.2) is 0 Å². The lowest BCUT2D eigenvalue weighted by Gasteiger charge is -2.04. The number of hydrogen-bond acceptors (Lipinski definition) is 4. The summed E-state index contributed by atoms with van der Waals surface area (Å²) >= 11 is 0. The van der Waals surface area contributed by atoms with Crippen LogP contribution in [0.2, 0.25) is 0 Å². The molecule has 0 heterocycles. The van der Waals surface area contributed by atoms with Gasteiger partial charge in [-0.3, -0.25) is 9.63 Å². The van der Waals surface area contributed by atoms with Crippen LogP contribution in [-0.2, 0) is 9.63 Å². The minimum absolute atomic E-state index is 0.102. The molecule has 0 aromatic heterocycles. The van der Waals surface area contributed by atoms with Crippen molar-refractivity contribution in [3.8, 4) is 0 Å². The molecule has 0 aromatic rings. The molecule has 0 fully saturated rings. The molecule has 5 heteroatoms. The van der Waals surface area contributed by atoms with E-state index in [4.69, 9.17) is 10.2 Å². The first-order valence-electron chi connectivity index (χ1n) is 2.41. The summed E-state index contributed by atoms with van der Waals surface area (Å²) in [5.74, 6) is 0. The Kier molecular flexibility index (Phi) is 5.09. The Morgan fingerprint density at radius 2 is 2.44 bits per heavy atom. The van der Waals surface area contributed by atoms with Crippen LogP contribution in [0.25, 0.3) is 0 Å². The largest absolute Gasteiger partial charge is 0.394 e.